The van der Waals surface area contributed by atoms with Gasteiger partial charge in [0.25, 0.3) is 0 Å². The quantitative estimate of drug-likeness (QED) is 0.810. The molecule has 3 rings (SSSR count). The molecule has 2 fully saturated rings. The third-order valence-electron chi connectivity index (χ3n) is 5.99. The van der Waals surface area contributed by atoms with Crippen LogP contribution in [0.15, 0.2) is 24.3 Å². The molecule has 0 saturated carbocycles. The fourth-order valence-corrected chi connectivity index (χ4v) is 4.31. The molecule has 2 saturated heterocycles. The van der Waals surface area contributed by atoms with E-state index in [1.807, 2.05) is 18.2 Å². The maximum atomic E-state index is 12.9. The summed E-state index contributed by atoms with van der Waals surface area (Å²) >= 11 is 0. The summed E-state index contributed by atoms with van der Waals surface area (Å²) in [5.41, 5.74) is 1.13. The van der Waals surface area contributed by atoms with E-state index in [1.54, 1.807) is 7.11 Å². The number of ether oxygens (including phenoxy) is 1. The lowest BCUT2D eigenvalue weighted by Crippen LogP contribution is -2.54. The van der Waals surface area contributed by atoms with E-state index in [0.717, 1.165) is 70.0 Å². The first-order valence-electron chi connectivity index (χ1n) is 10.0. The molecule has 5 nitrogen and oxygen atoms in total. The molecule has 0 unspecified atom stereocenters. The number of piperidine rings is 1. The zero-order chi connectivity index (χ0) is 18.5. The minimum Gasteiger partial charge on any atom is -0.495 e. The van der Waals surface area contributed by atoms with Crippen molar-refractivity contribution in [3.63, 3.8) is 0 Å². The van der Waals surface area contributed by atoms with Gasteiger partial charge in [0.2, 0.25) is 5.91 Å². The standard InChI is InChI=1S/C21H33N3O2/c1-4-22-11-9-18(10-12-22)15-21(25)24-14-13-23(16-17(24)2)19-7-5-6-8-20(19)26-3/h5-8,17-18H,4,9-16H2,1-3H3/t17-/m1/s1. The number of nitrogens with zero attached hydrogens (tertiary/aromatic N) is 3. The monoisotopic (exact) mass is 359 g/mol. The number of piperazine rings is 1. The van der Waals surface area contributed by atoms with Crippen molar-refractivity contribution in [3.8, 4) is 5.75 Å². The van der Waals surface area contributed by atoms with Gasteiger partial charge in [-0.25, -0.2) is 0 Å². The molecule has 1 amide bonds. The van der Waals surface area contributed by atoms with Gasteiger partial charge in [0, 0.05) is 32.1 Å². The number of benzene rings is 1. The number of hydrogen-bond donors (Lipinski definition) is 0. The molecule has 0 aromatic heterocycles. The summed E-state index contributed by atoms with van der Waals surface area (Å²) in [6.07, 6.45) is 3.04. The van der Waals surface area contributed by atoms with Crippen LogP contribution in [0.1, 0.15) is 33.1 Å². The number of rotatable bonds is 5. The molecule has 0 spiro atoms. The van der Waals surface area contributed by atoms with E-state index >= 15 is 0 Å². The minimum absolute atomic E-state index is 0.233. The molecular formula is C21H33N3O2. The molecule has 5 heteroatoms. The van der Waals surface area contributed by atoms with E-state index in [1.165, 1.54) is 0 Å². The fourth-order valence-electron chi connectivity index (χ4n) is 4.31. The highest BCUT2D eigenvalue weighted by Crippen LogP contribution is 2.30. The second-order valence-electron chi connectivity index (χ2n) is 7.64. The number of amides is 1. The van der Waals surface area contributed by atoms with Gasteiger partial charge in [-0.2, -0.15) is 0 Å². The van der Waals surface area contributed by atoms with Gasteiger partial charge >= 0.3 is 0 Å². The van der Waals surface area contributed by atoms with E-state index in [-0.39, 0.29) is 6.04 Å². The first kappa shape index (κ1) is 19.0. The van der Waals surface area contributed by atoms with Crippen molar-refractivity contribution in [2.24, 2.45) is 5.92 Å². The van der Waals surface area contributed by atoms with E-state index < -0.39 is 0 Å². The summed E-state index contributed by atoms with van der Waals surface area (Å²) in [5.74, 6) is 1.80. The van der Waals surface area contributed by atoms with Crippen molar-refractivity contribution in [2.75, 3.05) is 51.3 Å². The molecule has 144 valence electrons. The lowest BCUT2D eigenvalue weighted by molar-refractivity contribution is -0.135. The molecule has 1 aromatic carbocycles. The SMILES string of the molecule is CCN1CCC(CC(=O)N2CCN(c3ccccc3OC)C[C@H]2C)CC1. The molecule has 0 radical (unpaired) electrons. The van der Waals surface area contributed by atoms with Crippen LogP contribution in [0.25, 0.3) is 0 Å². The van der Waals surface area contributed by atoms with Gasteiger partial charge in [-0.05, 0) is 57.5 Å². The summed E-state index contributed by atoms with van der Waals surface area (Å²) < 4.78 is 5.50. The Labute approximate surface area is 157 Å². The van der Waals surface area contributed by atoms with Crippen molar-refractivity contribution < 1.29 is 9.53 Å². The van der Waals surface area contributed by atoms with Crippen LogP contribution in [-0.2, 0) is 4.79 Å². The molecule has 0 aliphatic carbocycles. The van der Waals surface area contributed by atoms with Crippen molar-refractivity contribution in [3.05, 3.63) is 24.3 Å². The van der Waals surface area contributed by atoms with Crippen LogP contribution in [0.5, 0.6) is 5.75 Å². The summed E-state index contributed by atoms with van der Waals surface area (Å²) in [6, 6.07) is 8.37. The Balaban J connectivity index is 1.54. The topological polar surface area (TPSA) is 36.0 Å². The molecule has 1 atom stereocenters. The van der Waals surface area contributed by atoms with Crippen molar-refractivity contribution in [1.82, 2.24) is 9.80 Å². The molecule has 0 N–H and O–H groups in total. The third-order valence-corrected chi connectivity index (χ3v) is 5.99. The number of hydrogen-bond acceptors (Lipinski definition) is 4. The molecule has 0 bridgehead atoms. The Bertz CT molecular complexity index is 599. The second-order valence-corrected chi connectivity index (χ2v) is 7.64. The number of likely N-dealkylation sites (tertiary alicyclic amines) is 1. The highest BCUT2D eigenvalue weighted by atomic mass is 16.5. The highest BCUT2D eigenvalue weighted by molar-refractivity contribution is 5.77. The maximum Gasteiger partial charge on any atom is 0.223 e. The van der Waals surface area contributed by atoms with E-state index in [9.17, 15) is 4.79 Å². The molecule has 2 aliphatic rings. The summed E-state index contributed by atoms with van der Waals surface area (Å²) in [5, 5.41) is 0. The molecule has 1 aromatic rings. The van der Waals surface area contributed by atoms with Crippen molar-refractivity contribution in [2.45, 2.75) is 39.2 Å². The largest absolute Gasteiger partial charge is 0.495 e. The Kier molecular flexibility index (Phi) is 6.41. The number of carbonyl (C=O) groups is 1. The smallest absolute Gasteiger partial charge is 0.223 e. The van der Waals surface area contributed by atoms with Gasteiger partial charge in [0.15, 0.2) is 0 Å². The van der Waals surface area contributed by atoms with Crippen LogP contribution < -0.4 is 9.64 Å². The van der Waals surface area contributed by atoms with Crippen LogP contribution in [0, 0.1) is 5.92 Å². The summed E-state index contributed by atoms with van der Waals surface area (Å²) in [7, 11) is 1.71. The third kappa shape index (κ3) is 4.32. The lowest BCUT2D eigenvalue weighted by Gasteiger charge is -2.42. The zero-order valence-corrected chi connectivity index (χ0v) is 16.5. The summed E-state index contributed by atoms with van der Waals surface area (Å²) in [4.78, 5) is 19.8. The van der Waals surface area contributed by atoms with Crippen LogP contribution >= 0.6 is 0 Å². The lowest BCUT2D eigenvalue weighted by atomic mass is 9.92. The number of anilines is 1. The van der Waals surface area contributed by atoms with Gasteiger partial charge in [-0.1, -0.05) is 19.1 Å². The average Bonchev–Trinajstić information content (AvgIpc) is 2.68. The highest BCUT2D eigenvalue weighted by Gasteiger charge is 2.30. The number of para-hydroxylation sites is 2. The van der Waals surface area contributed by atoms with Gasteiger partial charge < -0.3 is 19.4 Å². The Hall–Kier alpha value is -1.75. The predicted molar refractivity (Wildman–Crippen MR) is 106 cm³/mol. The average molecular weight is 360 g/mol. The Morgan fingerprint density at radius 2 is 1.88 bits per heavy atom. The first-order chi connectivity index (χ1) is 12.6. The van der Waals surface area contributed by atoms with Crippen molar-refractivity contribution in [1.29, 1.82) is 0 Å². The zero-order valence-electron chi connectivity index (χ0n) is 16.5. The van der Waals surface area contributed by atoms with E-state index in [2.05, 4.69) is 34.6 Å². The number of methoxy groups -OCH3 is 1. The minimum atomic E-state index is 0.233. The molecular weight excluding hydrogens is 326 g/mol. The molecule has 26 heavy (non-hydrogen) atoms. The predicted octanol–water partition coefficient (Wildman–Crippen LogP) is 2.85. The number of carbonyl (C=O) groups excluding carboxylic acids is 1. The van der Waals surface area contributed by atoms with Crippen LogP contribution in [0.2, 0.25) is 0 Å². The normalized spacial score (nSPS) is 22.5. The maximum absolute atomic E-state index is 12.9. The summed E-state index contributed by atoms with van der Waals surface area (Å²) in [6.45, 7) is 10.3. The van der Waals surface area contributed by atoms with Crippen LogP contribution in [0.3, 0.4) is 0 Å². The van der Waals surface area contributed by atoms with Gasteiger partial charge in [-0.3, -0.25) is 4.79 Å². The first-order valence-corrected chi connectivity index (χ1v) is 10.0. The molecule has 2 aliphatic heterocycles. The molecule has 2 heterocycles. The van der Waals surface area contributed by atoms with E-state index in [4.69, 9.17) is 4.74 Å². The van der Waals surface area contributed by atoms with Gasteiger partial charge in [-0.15, -0.1) is 0 Å². The second kappa shape index (κ2) is 8.76. The van der Waals surface area contributed by atoms with Crippen molar-refractivity contribution >= 4 is 11.6 Å². The van der Waals surface area contributed by atoms with Crippen LogP contribution in [0.4, 0.5) is 5.69 Å². The van der Waals surface area contributed by atoms with E-state index in [0.29, 0.717) is 11.8 Å². The Morgan fingerprint density at radius 3 is 2.54 bits per heavy atom. The van der Waals surface area contributed by atoms with Gasteiger partial charge in [0.05, 0.1) is 12.8 Å². The van der Waals surface area contributed by atoms with Crippen LogP contribution in [-0.4, -0.2) is 68.1 Å². The fraction of sp³-hybridized carbons (Fsp3) is 0.667. The Morgan fingerprint density at radius 1 is 1.15 bits per heavy atom. The van der Waals surface area contributed by atoms with Gasteiger partial charge in [0.1, 0.15) is 5.75 Å².